The van der Waals surface area contributed by atoms with E-state index in [2.05, 4.69) is 71.5 Å². The predicted octanol–water partition coefficient (Wildman–Crippen LogP) is 8.62. The third kappa shape index (κ3) is 33.4. The first-order chi connectivity index (χ1) is 31.8. The van der Waals surface area contributed by atoms with Crippen LogP contribution in [0.3, 0.4) is 0 Å². The molecule has 1 saturated carbocycles. The summed E-state index contributed by atoms with van der Waals surface area (Å²) < 4.78 is 65.4. The summed E-state index contributed by atoms with van der Waals surface area (Å²) in [7, 11) is -16.6. The van der Waals surface area contributed by atoms with Gasteiger partial charge in [-0.3, -0.25) is 27.7 Å². The largest absolute Gasteiger partial charge is 0.472 e. The normalized spacial score (nSPS) is 22.0. The van der Waals surface area contributed by atoms with E-state index in [1.807, 2.05) is 0 Å². The highest BCUT2D eigenvalue weighted by molar-refractivity contribution is 7.47. The molecule has 0 radical (unpaired) electrons. The minimum Gasteiger partial charge on any atom is -0.462 e. The molecular weight excluding hydrogens is 937 g/mol. The van der Waals surface area contributed by atoms with Crippen LogP contribution in [-0.4, -0.2) is 108 Å². The van der Waals surface area contributed by atoms with Crippen LogP contribution < -0.4 is 0 Å². The molecular formula is C45H81O19P3. The first-order valence-corrected chi connectivity index (χ1v) is 28.5. The highest BCUT2D eigenvalue weighted by Gasteiger charge is 2.56. The number of ether oxygens (including phenoxy) is 2. The molecule has 390 valence electrons. The van der Waals surface area contributed by atoms with Crippen LogP contribution in [0.5, 0.6) is 0 Å². The molecule has 67 heavy (non-hydrogen) atoms. The van der Waals surface area contributed by atoms with Crippen molar-refractivity contribution >= 4 is 35.4 Å². The van der Waals surface area contributed by atoms with Gasteiger partial charge in [-0.1, -0.05) is 133 Å². The predicted molar refractivity (Wildman–Crippen MR) is 252 cm³/mol. The Hall–Kier alpha value is -1.89. The molecule has 8 N–H and O–H groups in total. The molecule has 0 aromatic heterocycles. The number of phosphoric ester groups is 3. The first kappa shape index (κ1) is 63.1. The molecule has 0 aromatic rings. The Labute approximate surface area is 397 Å². The number of aliphatic hydroxyl groups excluding tert-OH is 3. The van der Waals surface area contributed by atoms with Crippen molar-refractivity contribution in [1.29, 1.82) is 0 Å². The molecule has 0 saturated heterocycles. The minimum absolute atomic E-state index is 0.0170. The molecule has 0 aromatic carbocycles. The second-order valence-corrected chi connectivity index (χ2v) is 20.4. The van der Waals surface area contributed by atoms with Crippen molar-refractivity contribution in [2.24, 2.45) is 0 Å². The van der Waals surface area contributed by atoms with Gasteiger partial charge in [0.15, 0.2) is 6.10 Å². The fraction of sp³-hybridized carbons (Fsp3) is 0.778. The van der Waals surface area contributed by atoms with Crippen LogP contribution in [-0.2, 0) is 50.9 Å². The van der Waals surface area contributed by atoms with E-state index in [-0.39, 0.29) is 12.8 Å². The van der Waals surface area contributed by atoms with Gasteiger partial charge in [0, 0.05) is 12.8 Å². The van der Waals surface area contributed by atoms with Crippen molar-refractivity contribution < 1.29 is 90.6 Å². The lowest BCUT2D eigenvalue weighted by molar-refractivity contribution is -0.213. The maximum Gasteiger partial charge on any atom is 0.472 e. The average Bonchev–Trinajstić information content (AvgIpc) is 3.25. The molecule has 0 bridgehead atoms. The number of rotatable bonds is 40. The number of carbonyl (C=O) groups excluding carboxylic acids is 2. The highest BCUT2D eigenvalue weighted by atomic mass is 31.2. The van der Waals surface area contributed by atoms with Crippen molar-refractivity contribution in [2.75, 3.05) is 13.2 Å². The summed E-state index contributed by atoms with van der Waals surface area (Å²) in [6.07, 6.45) is 22.7. The van der Waals surface area contributed by atoms with E-state index in [1.165, 1.54) is 38.5 Å². The van der Waals surface area contributed by atoms with Crippen LogP contribution in [0.2, 0.25) is 0 Å². The smallest absolute Gasteiger partial charge is 0.462 e. The molecule has 0 spiro atoms. The summed E-state index contributed by atoms with van der Waals surface area (Å²) in [4.78, 5) is 73.2. The van der Waals surface area contributed by atoms with Gasteiger partial charge in [-0.2, -0.15) is 0 Å². The van der Waals surface area contributed by atoms with Crippen molar-refractivity contribution in [3.05, 3.63) is 48.6 Å². The molecule has 0 aliphatic heterocycles. The number of carbonyl (C=O) groups is 2. The number of hydrogen-bond acceptors (Lipinski definition) is 14. The van der Waals surface area contributed by atoms with Gasteiger partial charge in [-0.15, -0.1) is 0 Å². The lowest BCUT2D eigenvalue weighted by Crippen LogP contribution is -2.65. The van der Waals surface area contributed by atoms with E-state index in [9.17, 15) is 63.1 Å². The summed E-state index contributed by atoms with van der Waals surface area (Å²) in [6, 6.07) is 0. The van der Waals surface area contributed by atoms with E-state index in [0.29, 0.717) is 12.8 Å². The van der Waals surface area contributed by atoms with Crippen LogP contribution in [0.1, 0.15) is 168 Å². The maximum atomic E-state index is 13.1. The maximum absolute atomic E-state index is 13.1. The Morgan fingerprint density at radius 1 is 0.493 bits per heavy atom. The van der Waals surface area contributed by atoms with E-state index >= 15 is 0 Å². The van der Waals surface area contributed by atoms with Gasteiger partial charge >= 0.3 is 35.4 Å². The third-order valence-electron chi connectivity index (χ3n) is 10.6. The molecule has 5 unspecified atom stereocenters. The van der Waals surface area contributed by atoms with Crippen molar-refractivity contribution in [1.82, 2.24) is 0 Å². The highest BCUT2D eigenvalue weighted by Crippen LogP contribution is 2.51. The molecule has 22 heteroatoms. The van der Waals surface area contributed by atoms with Crippen molar-refractivity contribution in [3.8, 4) is 0 Å². The number of unbranched alkanes of at least 4 members (excludes halogenated alkanes) is 16. The summed E-state index contributed by atoms with van der Waals surface area (Å²) in [5.74, 6) is -1.33. The Balaban J connectivity index is 2.75. The zero-order valence-electron chi connectivity index (χ0n) is 39.5. The number of hydrogen-bond donors (Lipinski definition) is 8. The fourth-order valence-corrected chi connectivity index (χ4v) is 9.16. The first-order valence-electron chi connectivity index (χ1n) is 23.9. The average molecular weight is 1020 g/mol. The van der Waals surface area contributed by atoms with Gasteiger partial charge in [-0.25, -0.2) is 13.7 Å². The van der Waals surface area contributed by atoms with E-state index < -0.39 is 91.3 Å². The van der Waals surface area contributed by atoms with Gasteiger partial charge < -0.3 is 49.3 Å². The van der Waals surface area contributed by atoms with E-state index in [1.54, 1.807) is 0 Å². The fourth-order valence-electron chi connectivity index (χ4n) is 7.06. The van der Waals surface area contributed by atoms with E-state index in [0.717, 1.165) is 89.9 Å². The molecule has 1 aliphatic rings. The molecule has 1 fully saturated rings. The van der Waals surface area contributed by atoms with Gasteiger partial charge in [0.25, 0.3) is 0 Å². The zero-order chi connectivity index (χ0) is 50.0. The molecule has 1 rings (SSSR count). The Bertz CT molecular complexity index is 1590. The molecule has 8 atom stereocenters. The lowest BCUT2D eigenvalue weighted by atomic mass is 9.85. The minimum atomic E-state index is -5.60. The van der Waals surface area contributed by atoms with Crippen LogP contribution in [0, 0.1) is 0 Å². The zero-order valence-corrected chi connectivity index (χ0v) is 42.1. The third-order valence-corrected chi connectivity index (χ3v) is 12.6. The van der Waals surface area contributed by atoms with Crippen LogP contribution in [0.15, 0.2) is 48.6 Å². The summed E-state index contributed by atoms with van der Waals surface area (Å²) in [5, 5.41) is 31.9. The molecule has 0 heterocycles. The van der Waals surface area contributed by atoms with Crippen LogP contribution >= 0.6 is 23.5 Å². The van der Waals surface area contributed by atoms with Gasteiger partial charge in [0.2, 0.25) is 0 Å². The quantitative estimate of drug-likeness (QED) is 0.0123. The second-order valence-electron chi connectivity index (χ2n) is 16.7. The van der Waals surface area contributed by atoms with Crippen LogP contribution in [0.4, 0.5) is 0 Å². The number of allylic oxidation sites excluding steroid dienone is 8. The van der Waals surface area contributed by atoms with E-state index in [4.69, 9.17) is 18.5 Å². The Morgan fingerprint density at radius 3 is 1.42 bits per heavy atom. The monoisotopic (exact) mass is 1020 g/mol. The standard InChI is InChI=1S/C45H81O19P3/c1-3-5-7-9-11-13-15-17-19-21-23-25-27-29-31-33-38(46)59-35-37(61-39(47)34-32-30-28-26-24-22-20-18-16-14-12-10-8-6-4-2)36-60-67(57,58)64-43-40(48)41(49)44(62-65(51,52)53)45(42(43)50)63-66(54,55)56/h5,7,11,13,17-20,37,40-45,48-50H,3-4,6,8-10,12,14-16,21-36H2,1-2H3,(H,57,58)(H2,51,52,53)(H2,54,55,56)/b7-5-,13-11-,19-17-,20-18-/t37-,40?,41?,42?,43+,44?,45+/m1/s1. The van der Waals surface area contributed by atoms with Gasteiger partial charge in [0.1, 0.15) is 43.2 Å². The van der Waals surface area contributed by atoms with Crippen LogP contribution in [0.25, 0.3) is 0 Å². The van der Waals surface area contributed by atoms with Gasteiger partial charge in [-0.05, 0) is 70.6 Å². The number of aliphatic hydroxyl groups is 3. The number of esters is 2. The lowest BCUT2D eigenvalue weighted by Gasteiger charge is -2.44. The summed E-state index contributed by atoms with van der Waals surface area (Å²) in [6.45, 7) is 2.80. The second kappa shape index (κ2) is 37.0. The van der Waals surface area contributed by atoms with Crippen molar-refractivity contribution in [2.45, 2.75) is 211 Å². The van der Waals surface area contributed by atoms with Crippen molar-refractivity contribution in [3.63, 3.8) is 0 Å². The Kier molecular flexibility index (Phi) is 34.8. The number of phosphoric acid groups is 3. The summed E-state index contributed by atoms with van der Waals surface area (Å²) >= 11 is 0. The molecule has 0 amide bonds. The molecule has 19 nitrogen and oxygen atoms in total. The molecule has 1 aliphatic carbocycles. The summed E-state index contributed by atoms with van der Waals surface area (Å²) in [5.41, 5.74) is 0. The Morgan fingerprint density at radius 2 is 0.910 bits per heavy atom. The SMILES string of the molecule is CC/C=C\C/C=C\C/C=C\CCCCCCCC(=O)OC[C@H](COP(=O)(O)O[C@H]1C(O)C(O)C(OP(=O)(O)O)[C@@H](OP(=O)(O)O)C1O)OC(=O)CCCCCCC/C=C\CCCCCCCC. The van der Waals surface area contributed by atoms with Gasteiger partial charge in [0.05, 0.1) is 6.61 Å². The topological polar surface area (TPSA) is 303 Å².